The van der Waals surface area contributed by atoms with Crippen LogP contribution in [0.25, 0.3) is 0 Å². The lowest BCUT2D eigenvalue weighted by Gasteiger charge is -2.17. The van der Waals surface area contributed by atoms with Gasteiger partial charge in [0.1, 0.15) is 11.0 Å². The van der Waals surface area contributed by atoms with Crippen LogP contribution in [-0.4, -0.2) is 31.3 Å². The molecule has 0 amide bonds. The highest BCUT2D eigenvalue weighted by molar-refractivity contribution is 7.89. The predicted molar refractivity (Wildman–Crippen MR) is 63.6 cm³/mol. The second-order valence-corrected chi connectivity index (χ2v) is 5.69. The summed E-state index contributed by atoms with van der Waals surface area (Å²) in [5, 5.41) is 8.83. The Morgan fingerprint density at radius 3 is 2.82 bits per heavy atom. The molecule has 1 aromatic rings. The second kappa shape index (κ2) is 5.08. The van der Waals surface area contributed by atoms with Gasteiger partial charge in [-0.15, -0.1) is 0 Å². The van der Waals surface area contributed by atoms with Crippen LogP contribution in [0.15, 0.2) is 35.4 Å². The molecule has 5 nitrogen and oxygen atoms in total. The maximum absolute atomic E-state index is 12.1. The molecule has 0 aliphatic heterocycles. The molecule has 17 heavy (non-hydrogen) atoms. The fourth-order valence-electron chi connectivity index (χ4n) is 1.32. The first-order chi connectivity index (χ1) is 7.89. The van der Waals surface area contributed by atoms with Crippen LogP contribution < -0.4 is 0 Å². The molecular formula is C11H13N3O2S. The minimum absolute atomic E-state index is 0.0775. The Morgan fingerprint density at radius 1 is 1.65 bits per heavy atom. The molecule has 0 spiro atoms. The average molecular weight is 251 g/mol. The van der Waals surface area contributed by atoms with E-state index in [0.717, 1.165) is 9.88 Å². The molecule has 0 unspecified atom stereocenters. The Bertz CT molecular complexity index is 573. The van der Waals surface area contributed by atoms with Crippen LogP contribution >= 0.6 is 0 Å². The van der Waals surface area contributed by atoms with E-state index >= 15 is 0 Å². The highest BCUT2D eigenvalue weighted by atomic mass is 32.2. The summed E-state index contributed by atoms with van der Waals surface area (Å²) in [6.07, 6.45) is 1.39. The first kappa shape index (κ1) is 13.4. The number of likely N-dealkylation sites (N-methyl/N-ethyl adjacent to an activating group) is 1. The summed E-state index contributed by atoms with van der Waals surface area (Å²) < 4.78 is 25.4. The molecule has 0 aromatic carbocycles. The molecule has 0 aliphatic carbocycles. The summed E-state index contributed by atoms with van der Waals surface area (Å²) in [5.74, 6) is 0. The van der Waals surface area contributed by atoms with Crippen molar-refractivity contribution in [1.82, 2.24) is 9.29 Å². The first-order valence-corrected chi connectivity index (χ1v) is 6.29. The van der Waals surface area contributed by atoms with Crippen LogP contribution in [0.1, 0.15) is 12.6 Å². The van der Waals surface area contributed by atoms with Crippen LogP contribution in [0.4, 0.5) is 0 Å². The topological polar surface area (TPSA) is 74.1 Å². The minimum atomic E-state index is -3.69. The van der Waals surface area contributed by atoms with Gasteiger partial charge in [0.2, 0.25) is 10.0 Å². The number of nitrogens with zero attached hydrogens (tertiary/aromatic N) is 3. The maximum Gasteiger partial charge on any atom is 0.246 e. The molecular weight excluding hydrogens is 238 g/mol. The molecule has 0 N–H and O–H groups in total. The standard InChI is InChI=1S/C11H13N3O2S/c1-9(2)8-14(3)17(15,16)11-5-4-6-13-10(11)7-12/h4-6H,1,8H2,2-3H3. The Labute approximate surface area is 101 Å². The normalized spacial score (nSPS) is 11.2. The number of rotatable bonds is 4. The zero-order chi connectivity index (χ0) is 13.1. The number of pyridine rings is 1. The zero-order valence-corrected chi connectivity index (χ0v) is 10.5. The third-order valence-corrected chi connectivity index (χ3v) is 3.89. The smallest absolute Gasteiger partial charge is 0.244 e. The average Bonchev–Trinajstić information content (AvgIpc) is 2.28. The fourth-order valence-corrected chi connectivity index (χ4v) is 2.64. The number of hydrogen-bond donors (Lipinski definition) is 0. The summed E-state index contributed by atoms with van der Waals surface area (Å²) in [6.45, 7) is 5.61. The Kier molecular flexibility index (Phi) is 3.99. The third kappa shape index (κ3) is 2.90. The first-order valence-electron chi connectivity index (χ1n) is 4.85. The van der Waals surface area contributed by atoms with E-state index in [0.29, 0.717) is 0 Å². The van der Waals surface area contributed by atoms with Gasteiger partial charge in [-0.2, -0.15) is 9.57 Å². The van der Waals surface area contributed by atoms with Crippen LogP contribution in [0.2, 0.25) is 0 Å². The molecule has 1 heterocycles. The summed E-state index contributed by atoms with van der Waals surface area (Å²) in [5.41, 5.74) is 0.625. The lowest BCUT2D eigenvalue weighted by molar-refractivity contribution is 0.492. The van der Waals surface area contributed by atoms with Crippen molar-refractivity contribution in [2.45, 2.75) is 11.8 Å². The van der Waals surface area contributed by atoms with E-state index in [1.807, 2.05) is 0 Å². The monoisotopic (exact) mass is 251 g/mol. The Balaban J connectivity index is 3.23. The van der Waals surface area contributed by atoms with E-state index in [2.05, 4.69) is 11.6 Å². The molecule has 0 radical (unpaired) electrons. The van der Waals surface area contributed by atoms with Crippen molar-refractivity contribution in [1.29, 1.82) is 5.26 Å². The van der Waals surface area contributed by atoms with Crippen molar-refractivity contribution < 1.29 is 8.42 Å². The Hall–Kier alpha value is -1.71. The van der Waals surface area contributed by atoms with Crippen molar-refractivity contribution in [3.05, 3.63) is 36.2 Å². The summed E-state index contributed by atoms with van der Waals surface area (Å²) >= 11 is 0. The second-order valence-electron chi connectivity index (χ2n) is 3.68. The molecule has 90 valence electrons. The SMILES string of the molecule is C=C(C)CN(C)S(=O)(=O)c1cccnc1C#N. The molecule has 0 fully saturated rings. The lowest BCUT2D eigenvalue weighted by atomic mass is 10.4. The summed E-state index contributed by atoms with van der Waals surface area (Å²) in [6, 6.07) is 4.63. The quantitative estimate of drug-likeness (QED) is 0.752. The van der Waals surface area contributed by atoms with Gasteiger partial charge in [-0.05, 0) is 19.1 Å². The molecule has 1 rings (SSSR count). The number of hydrogen-bond acceptors (Lipinski definition) is 4. The third-order valence-electron chi connectivity index (χ3n) is 2.06. The van der Waals surface area contributed by atoms with Crippen molar-refractivity contribution in [3.8, 4) is 6.07 Å². The van der Waals surface area contributed by atoms with Crippen molar-refractivity contribution in [2.24, 2.45) is 0 Å². The van der Waals surface area contributed by atoms with Gasteiger partial charge in [-0.25, -0.2) is 13.4 Å². The maximum atomic E-state index is 12.1. The lowest BCUT2D eigenvalue weighted by Crippen LogP contribution is -2.29. The zero-order valence-electron chi connectivity index (χ0n) is 9.71. The van der Waals surface area contributed by atoms with Gasteiger partial charge in [0.15, 0.2) is 5.69 Å². The molecule has 1 aromatic heterocycles. The molecule has 0 atom stereocenters. The number of nitriles is 1. The van der Waals surface area contributed by atoms with Crippen LogP contribution in [0, 0.1) is 11.3 Å². The van der Waals surface area contributed by atoms with Crippen molar-refractivity contribution in [2.75, 3.05) is 13.6 Å². The van der Waals surface area contributed by atoms with Crippen LogP contribution in [-0.2, 0) is 10.0 Å². The number of sulfonamides is 1. The van der Waals surface area contributed by atoms with Gasteiger partial charge in [0.25, 0.3) is 0 Å². The molecule has 0 bridgehead atoms. The van der Waals surface area contributed by atoms with Gasteiger partial charge in [-0.3, -0.25) is 0 Å². The highest BCUT2D eigenvalue weighted by Crippen LogP contribution is 2.17. The van der Waals surface area contributed by atoms with E-state index in [-0.39, 0.29) is 17.1 Å². The Morgan fingerprint density at radius 2 is 2.29 bits per heavy atom. The van der Waals surface area contributed by atoms with Gasteiger partial charge >= 0.3 is 0 Å². The van der Waals surface area contributed by atoms with Crippen molar-refractivity contribution in [3.63, 3.8) is 0 Å². The van der Waals surface area contributed by atoms with E-state index in [9.17, 15) is 8.42 Å². The highest BCUT2D eigenvalue weighted by Gasteiger charge is 2.24. The van der Waals surface area contributed by atoms with Gasteiger partial charge < -0.3 is 0 Å². The van der Waals surface area contributed by atoms with E-state index in [1.54, 1.807) is 13.0 Å². The number of aromatic nitrogens is 1. The molecule has 0 saturated carbocycles. The minimum Gasteiger partial charge on any atom is -0.244 e. The van der Waals surface area contributed by atoms with Gasteiger partial charge in [0, 0.05) is 19.8 Å². The van der Waals surface area contributed by atoms with Crippen LogP contribution in [0.5, 0.6) is 0 Å². The molecule has 6 heteroatoms. The molecule has 0 saturated heterocycles. The largest absolute Gasteiger partial charge is 0.246 e. The predicted octanol–water partition coefficient (Wildman–Crippen LogP) is 1.15. The van der Waals surface area contributed by atoms with E-state index < -0.39 is 10.0 Å². The fraction of sp³-hybridized carbons (Fsp3) is 0.273. The summed E-state index contributed by atoms with van der Waals surface area (Å²) in [4.78, 5) is 3.66. The molecule has 0 aliphatic rings. The van der Waals surface area contributed by atoms with Crippen LogP contribution in [0.3, 0.4) is 0 Å². The van der Waals surface area contributed by atoms with Crippen molar-refractivity contribution >= 4 is 10.0 Å². The van der Waals surface area contributed by atoms with Gasteiger partial charge in [0.05, 0.1) is 0 Å². The van der Waals surface area contributed by atoms with Gasteiger partial charge in [-0.1, -0.05) is 12.2 Å². The summed E-state index contributed by atoms with van der Waals surface area (Å²) in [7, 11) is -2.25. The van der Waals surface area contributed by atoms with E-state index in [1.165, 1.54) is 25.4 Å². The van der Waals surface area contributed by atoms with E-state index in [4.69, 9.17) is 5.26 Å².